The topological polar surface area (TPSA) is 44.4 Å². The molecule has 3 aromatic rings. The van der Waals surface area contributed by atoms with E-state index in [4.69, 9.17) is 0 Å². The van der Waals surface area contributed by atoms with Gasteiger partial charge in [0, 0.05) is 17.2 Å². The number of carbonyl (C=O) groups excluding carboxylic acids is 1. The number of nitrogens with zero attached hydrogens (tertiary/aromatic N) is 1. The zero-order valence-corrected chi connectivity index (χ0v) is 17.1. The third kappa shape index (κ3) is 3.54. The lowest BCUT2D eigenvalue weighted by Crippen LogP contribution is -2.44. The van der Waals surface area contributed by atoms with Gasteiger partial charge in [0.25, 0.3) is 5.91 Å². The van der Waals surface area contributed by atoms with Crippen LogP contribution < -0.4 is 10.7 Å². The summed E-state index contributed by atoms with van der Waals surface area (Å²) in [6, 6.07) is 12.3. The fraction of sp³-hybridized carbons (Fsp3) is 0.125. The maximum Gasteiger partial charge on any atom is 0.416 e. The van der Waals surface area contributed by atoms with Crippen molar-refractivity contribution in [1.82, 2.24) is 10.4 Å². The second kappa shape index (κ2) is 7.41. The molecule has 0 fully saturated rings. The highest BCUT2D eigenvalue weighted by Gasteiger charge is 2.39. The molecule has 5 rings (SSSR count). The van der Waals surface area contributed by atoms with Crippen LogP contribution in [0.15, 0.2) is 66.5 Å². The highest BCUT2D eigenvalue weighted by molar-refractivity contribution is 6.06. The number of rotatable bonds is 2. The Kier molecular flexibility index (Phi) is 4.75. The second-order valence-corrected chi connectivity index (χ2v) is 7.84. The van der Waals surface area contributed by atoms with Crippen LogP contribution >= 0.6 is 0 Å². The quantitative estimate of drug-likeness (QED) is 0.479. The summed E-state index contributed by atoms with van der Waals surface area (Å²) in [7, 11) is 0. The Morgan fingerprint density at radius 3 is 2.21 bits per heavy atom. The van der Waals surface area contributed by atoms with Gasteiger partial charge in [0.2, 0.25) is 0 Å². The lowest BCUT2D eigenvalue weighted by atomic mass is 9.97. The summed E-state index contributed by atoms with van der Waals surface area (Å²) in [4.78, 5) is 13.1. The van der Waals surface area contributed by atoms with Crippen LogP contribution in [-0.2, 0) is 6.18 Å². The molecule has 9 heteroatoms. The molecule has 0 saturated heterocycles. The van der Waals surface area contributed by atoms with Crippen molar-refractivity contribution < 1.29 is 26.7 Å². The number of benzene rings is 3. The first-order valence-electron chi connectivity index (χ1n) is 10.0. The Balaban J connectivity index is 1.57. The van der Waals surface area contributed by atoms with Crippen molar-refractivity contribution in [2.75, 3.05) is 5.32 Å². The summed E-state index contributed by atoms with van der Waals surface area (Å²) in [6.45, 7) is 1.79. The average molecular weight is 457 g/mol. The fourth-order valence-electron chi connectivity index (χ4n) is 4.13. The summed E-state index contributed by atoms with van der Waals surface area (Å²) >= 11 is 0. The van der Waals surface area contributed by atoms with Gasteiger partial charge in [-0.25, -0.2) is 19.2 Å². The van der Waals surface area contributed by atoms with E-state index >= 15 is 0 Å². The van der Waals surface area contributed by atoms with Crippen LogP contribution in [-0.4, -0.2) is 17.0 Å². The number of amides is 1. The van der Waals surface area contributed by atoms with Gasteiger partial charge in [0.05, 0.1) is 22.9 Å². The number of carbonyl (C=O) groups is 1. The Hall–Kier alpha value is -3.72. The number of anilines is 1. The lowest BCUT2D eigenvalue weighted by molar-refractivity contribution is -0.137. The molecule has 0 spiro atoms. The van der Waals surface area contributed by atoms with E-state index in [1.165, 1.54) is 23.2 Å². The van der Waals surface area contributed by atoms with Gasteiger partial charge in [0.15, 0.2) is 0 Å². The third-order valence-corrected chi connectivity index (χ3v) is 5.71. The third-order valence-electron chi connectivity index (χ3n) is 5.71. The van der Waals surface area contributed by atoms with Crippen LogP contribution in [0, 0.1) is 11.6 Å². The molecule has 2 heterocycles. The largest absolute Gasteiger partial charge is 0.416 e. The fourth-order valence-corrected chi connectivity index (χ4v) is 4.13. The molecule has 0 radical (unpaired) electrons. The normalized spacial score (nSPS) is 17.7. The minimum atomic E-state index is -4.45. The van der Waals surface area contributed by atoms with E-state index in [2.05, 4.69) is 10.7 Å². The molecular weight excluding hydrogens is 441 g/mol. The first-order valence-corrected chi connectivity index (χ1v) is 10.0. The van der Waals surface area contributed by atoms with E-state index in [0.29, 0.717) is 33.8 Å². The van der Waals surface area contributed by atoms with E-state index in [1.54, 1.807) is 25.1 Å². The van der Waals surface area contributed by atoms with Crippen LogP contribution in [0.5, 0.6) is 0 Å². The van der Waals surface area contributed by atoms with Crippen molar-refractivity contribution in [1.29, 1.82) is 0 Å². The molecule has 0 bridgehead atoms. The monoisotopic (exact) mass is 457 g/mol. The van der Waals surface area contributed by atoms with Crippen LogP contribution in [0.4, 0.5) is 27.6 Å². The minimum absolute atomic E-state index is 0.172. The molecular formula is C24H16F5N3O. The van der Waals surface area contributed by atoms with Crippen LogP contribution in [0.3, 0.4) is 0 Å². The first kappa shape index (κ1) is 21.1. The smallest absolute Gasteiger partial charge is 0.339 e. The summed E-state index contributed by atoms with van der Waals surface area (Å²) in [5.41, 5.74) is 4.74. The second-order valence-electron chi connectivity index (χ2n) is 7.84. The number of hydrogen-bond donors (Lipinski definition) is 2. The number of hydrogen-bond acceptors (Lipinski definition) is 3. The van der Waals surface area contributed by atoms with E-state index in [-0.39, 0.29) is 17.5 Å². The number of alkyl halides is 3. The Labute approximate surface area is 185 Å². The molecule has 0 aliphatic carbocycles. The molecule has 3 aromatic carbocycles. The molecule has 168 valence electrons. The van der Waals surface area contributed by atoms with Crippen molar-refractivity contribution in [3.63, 3.8) is 0 Å². The van der Waals surface area contributed by atoms with Gasteiger partial charge >= 0.3 is 6.18 Å². The van der Waals surface area contributed by atoms with Gasteiger partial charge in [-0.05, 0) is 54.4 Å². The van der Waals surface area contributed by atoms with Crippen molar-refractivity contribution in [3.05, 3.63) is 94.8 Å². The summed E-state index contributed by atoms with van der Waals surface area (Å²) < 4.78 is 66.4. The molecule has 33 heavy (non-hydrogen) atoms. The van der Waals surface area contributed by atoms with E-state index < -0.39 is 23.4 Å². The average Bonchev–Trinajstić information content (AvgIpc) is 3.09. The van der Waals surface area contributed by atoms with Crippen LogP contribution in [0.25, 0.3) is 16.7 Å². The Bertz CT molecular complexity index is 1310. The van der Waals surface area contributed by atoms with Crippen LogP contribution in [0.2, 0.25) is 0 Å². The molecule has 1 atom stereocenters. The number of halogens is 5. The number of fused-ring (bicyclic) bond motifs is 2. The van der Waals surface area contributed by atoms with E-state index in [1.807, 2.05) is 0 Å². The van der Waals surface area contributed by atoms with Gasteiger partial charge in [-0.1, -0.05) is 18.2 Å². The predicted molar refractivity (Wildman–Crippen MR) is 113 cm³/mol. The molecule has 4 nitrogen and oxygen atoms in total. The van der Waals surface area contributed by atoms with Gasteiger partial charge in [-0.15, -0.1) is 0 Å². The van der Waals surface area contributed by atoms with Gasteiger partial charge in [-0.3, -0.25) is 4.79 Å². The molecule has 1 unspecified atom stereocenters. The van der Waals surface area contributed by atoms with Crippen molar-refractivity contribution in [2.24, 2.45) is 0 Å². The Morgan fingerprint density at radius 2 is 1.55 bits per heavy atom. The van der Waals surface area contributed by atoms with E-state index in [0.717, 1.165) is 24.3 Å². The van der Waals surface area contributed by atoms with Crippen molar-refractivity contribution >= 4 is 17.2 Å². The standard InChI is InChI=1S/C24H16F5N3O/c1-12-21(13-2-5-15(6-3-13)24(27,28)29)22-30-20-10-14(17-9-7-16(25)11-19(17)26)4-8-18(20)23(33)32(22)31-12/h2-12,30-31H,1H3. The lowest BCUT2D eigenvalue weighted by Gasteiger charge is -2.29. The summed E-state index contributed by atoms with van der Waals surface area (Å²) in [5, 5.41) is 4.48. The number of nitrogens with one attached hydrogen (secondary N) is 2. The molecule has 2 aliphatic heterocycles. The zero-order chi connectivity index (χ0) is 23.5. The van der Waals surface area contributed by atoms with Gasteiger partial charge in [0.1, 0.15) is 17.5 Å². The van der Waals surface area contributed by atoms with Crippen molar-refractivity contribution in [3.8, 4) is 11.1 Å². The highest BCUT2D eigenvalue weighted by atomic mass is 19.4. The first-order chi connectivity index (χ1) is 15.6. The maximum atomic E-state index is 14.3. The summed E-state index contributed by atoms with van der Waals surface area (Å²) in [6.07, 6.45) is -4.45. The summed E-state index contributed by atoms with van der Waals surface area (Å²) in [5.74, 6) is -1.41. The SMILES string of the molecule is CC1NN2C(=O)c3ccc(-c4ccc(F)cc4F)cc3NC2=C1c1ccc(C(F)(F)F)cc1. The zero-order valence-electron chi connectivity index (χ0n) is 17.1. The van der Waals surface area contributed by atoms with Crippen LogP contribution in [0.1, 0.15) is 28.4 Å². The predicted octanol–water partition coefficient (Wildman–Crippen LogP) is 5.79. The maximum absolute atomic E-state index is 14.3. The highest BCUT2D eigenvalue weighted by Crippen LogP contribution is 2.39. The van der Waals surface area contributed by atoms with Gasteiger partial charge in [-0.2, -0.15) is 13.2 Å². The Morgan fingerprint density at radius 1 is 0.879 bits per heavy atom. The minimum Gasteiger partial charge on any atom is -0.339 e. The molecule has 0 aromatic heterocycles. The molecule has 0 saturated carbocycles. The molecule has 2 aliphatic rings. The van der Waals surface area contributed by atoms with Crippen molar-refractivity contribution in [2.45, 2.75) is 19.1 Å². The molecule has 1 amide bonds. The van der Waals surface area contributed by atoms with Gasteiger partial charge < -0.3 is 5.32 Å². The molecule has 2 N–H and O–H groups in total. The number of hydrazine groups is 1. The van der Waals surface area contributed by atoms with E-state index in [9.17, 15) is 26.7 Å².